The molecule has 1 N–H and O–H groups in total. The maximum Gasteiger partial charge on any atom is 0.416 e. The summed E-state index contributed by atoms with van der Waals surface area (Å²) in [4.78, 5) is 12.3. The molecule has 0 aromatic heterocycles. The molecule has 4 rings (SSSR count). The number of carbonyl (C=O) groups excluding carboxylic acids is 1. The van der Waals surface area contributed by atoms with Crippen molar-refractivity contribution in [3.63, 3.8) is 0 Å². The van der Waals surface area contributed by atoms with E-state index < -0.39 is 17.7 Å². The summed E-state index contributed by atoms with van der Waals surface area (Å²) in [5, 5.41) is 2.76. The van der Waals surface area contributed by atoms with E-state index in [4.69, 9.17) is 0 Å². The zero-order chi connectivity index (χ0) is 14.8. The molecular weight excluding hydrogens is 279 g/mol. The lowest BCUT2D eigenvalue weighted by Gasteiger charge is -2.26. The third kappa shape index (κ3) is 1.97. The molecule has 2 fully saturated rings. The van der Waals surface area contributed by atoms with E-state index in [-0.39, 0.29) is 11.8 Å². The number of halogens is 3. The number of anilines is 1. The number of benzene rings is 1. The van der Waals surface area contributed by atoms with E-state index >= 15 is 0 Å². The number of hydrogen-bond donors (Lipinski definition) is 1. The molecular formula is C16H16F3NO. The molecule has 5 heteroatoms. The van der Waals surface area contributed by atoms with Crippen LogP contribution in [-0.2, 0) is 11.0 Å². The van der Waals surface area contributed by atoms with Gasteiger partial charge in [0.25, 0.3) is 0 Å². The molecule has 4 atom stereocenters. The van der Waals surface area contributed by atoms with Crippen molar-refractivity contribution >= 4 is 11.6 Å². The third-order valence-electron chi connectivity index (χ3n) is 5.48. The van der Waals surface area contributed by atoms with Crippen LogP contribution in [0.15, 0.2) is 18.2 Å². The summed E-state index contributed by atoms with van der Waals surface area (Å²) < 4.78 is 38.7. The van der Waals surface area contributed by atoms with Gasteiger partial charge in [-0.2, -0.15) is 13.2 Å². The Morgan fingerprint density at radius 2 is 1.95 bits per heavy atom. The Kier molecular flexibility index (Phi) is 2.66. The molecule has 0 saturated heterocycles. The van der Waals surface area contributed by atoms with Crippen LogP contribution < -0.4 is 5.32 Å². The summed E-state index contributed by atoms with van der Waals surface area (Å²) in [7, 11) is 0. The number of fused-ring (bicyclic) bond motifs is 3. The Morgan fingerprint density at radius 1 is 1.14 bits per heavy atom. The number of nitrogens with one attached hydrogen (secondary N) is 1. The van der Waals surface area contributed by atoms with Crippen molar-refractivity contribution in [1.29, 1.82) is 0 Å². The molecule has 2 bridgehead atoms. The summed E-state index contributed by atoms with van der Waals surface area (Å²) in [5.41, 5.74) is 0.444. The van der Waals surface area contributed by atoms with E-state index in [9.17, 15) is 18.0 Å². The summed E-state index contributed by atoms with van der Waals surface area (Å²) in [6.07, 6.45) is 0.0967. The van der Waals surface area contributed by atoms with Crippen LogP contribution in [0.1, 0.15) is 42.7 Å². The first-order valence-electron chi connectivity index (χ1n) is 7.45. The first kappa shape index (κ1) is 13.2. The van der Waals surface area contributed by atoms with Gasteiger partial charge >= 0.3 is 6.18 Å². The standard InChI is InChI=1S/C16H16F3NO/c17-16(18,19)10-3-4-13-12(7-10)14(15(21)20-13)11-6-8-1-2-9(11)5-8/h3-4,7-9,11,14H,1-2,5-6H2,(H,20,21). The van der Waals surface area contributed by atoms with E-state index in [1.807, 2.05) is 0 Å². The lowest BCUT2D eigenvalue weighted by molar-refractivity contribution is -0.137. The van der Waals surface area contributed by atoms with E-state index in [0.717, 1.165) is 25.3 Å². The number of amides is 1. The number of rotatable bonds is 1. The minimum atomic E-state index is -4.36. The molecule has 1 amide bonds. The predicted molar refractivity (Wildman–Crippen MR) is 71.8 cm³/mol. The number of hydrogen-bond acceptors (Lipinski definition) is 1. The average Bonchev–Trinajstić information content (AvgIpc) is 3.08. The molecule has 2 aliphatic carbocycles. The molecule has 1 aromatic rings. The van der Waals surface area contributed by atoms with Gasteiger partial charge in [0, 0.05) is 5.69 Å². The van der Waals surface area contributed by atoms with E-state index in [0.29, 0.717) is 23.1 Å². The van der Waals surface area contributed by atoms with Crippen molar-refractivity contribution < 1.29 is 18.0 Å². The Balaban J connectivity index is 1.73. The fourth-order valence-electron chi connectivity index (χ4n) is 4.59. The average molecular weight is 295 g/mol. The van der Waals surface area contributed by atoms with Crippen molar-refractivity contribution in [1.82, 2.24) is 0 Å². The van der Waals surface area contributed by atoms with E-state index in [2.05, 4.69) is 5.32 Å². The van der Waals surface area contributed by atoms with Gasteiger partial charge in [-0.05, 0) is 60.8 Å². The molecule has 2 saturated carbocycles. The second-order valence-corrected chi connectivity index (χ2v) is 6.61. The monoisotopic (exact) mass is 295 g/mol. The van der Waals surface area contributed by atoms with Crippen LogP contribution in [-0.4, -0.2) is 5.91 Å². The van der Waals surface area contributed by atoms with Crippen LogP contribution in [0.4, 0.5) is 18.9 Å². The van der Waals surface area contributed by atoms with Crippen molar-refractivity contribution in [2.45, 2.75) is 37.8 Å². The molecule has 4 unspecified atom stereocenters. The van der Waals surface area contributed by atoms with Gasteiger partial charge in [-0.1, -0.05) is 6.42 Å². The first-order valence-corrected chi connectivity index (χ1v) is 7.45. The Labute approximate surface area is 120 Å². The van der Waals surface area contributed by atoms with Gasteiger partial charge in [0.2, 0.25) is 5.91 Å². The quantitative estimate of drug-likeness (QED) is 0.827. The van der Waals surface area contributed by atoms with Gasteiger partial charge in [0.15, 0.2) is 0 Å². The van der Waals surface area contributed by atoms with Gasteiger partial charge in [0.05, 0.1) is 11.5 Å². The van der Waals surface area contributed by atoms with Crippen LogP contribution in [0.2, 0.25) is 0 Å². The van der Waals surface area contributed by atoms with Crippen molar-refractivity contribution in [3.05, 3.63) is 29.3 Å². The maximum atomic E-state index is 12.9. The molecule has 1 heterocycles. The Hall–Kier alpha value is -1.52. The van der Waals surface area contributed by atoms with Gasteiger partial charge in [0.1, 0.15) is 0 Å². The molecule has 112 valence electrons. The maximum absolute atomic E-state index is 12.9. The van der Waals surface area contributed by atoms with Crippen molar-refractivity contribution in [3.8, 4) is 0 Å². The molecule has 2 nitrogen and oxygen atoms in total. The molecule has 0 spiro atoms. The molecule has 0 radical (unpaired) electrons. The summed E-state index contributed by atoms with van der Waals surface area (Å²) >= 11 is 0. The van der Waals surface area contributed by atoms with E-state index in [1.165, 1.54) is 18.6 Å². The highest BCUT2D eigenvalue weighted by Crippen LogP contribution is 2.55. The van der Waals surface area contributed by atoms with Gasteiger partial charge < -0.3 is 5.32 Å². The van der Waals surface area contributed by atoms with Gasteiger partial charge in [-0.15, -0.1) is 0 Å². The minimum Gasteiger partial charge on any atom is -0.325 e. The fraction of sp³-hybridized carbons (Fsp3) is 0.562. The van der Waals surface area contributed by atoms with Crippen molar-refractivity contribution in [2.24, 2.45) is 17.8 Å². The zero-order valence-corrected chi connectivity index (χ0v) is 11.4. The van der Waals surface area contributed by atoms with Crippen LogP contribution in [0.3, 0.4) is 0 Å². The highest BCUT2D eigenvalue weighted by molar-refractivity contribution is 6.03. The van der Waals surface area contributed by atoms with Crippen LogP contribution in [0, 0.1) is 17.8 Å². The van der Waals surface area contributed by atoms with Crippen LogP contribution in [0.25, 0.3) is 0 Å². The van der Waals surface area contributed by atoms with E-state index in [1.54, 1.807) is 0 Å². The largest absolute Gasteiger partial charge is 0.416 e. The Morgan fingerprint density at radius 3 is 2.57 bits per heavy atom. The van der Waals surface area contributed by atoms with Crippen LogP contribution in [0.5, 0.6) is 0 Å². The van der Waals surface area contributed by atoms with Gasteiger partial charge in [-0.25, -0.2) is 0 Å². The zero-order valence-electron chi connectivity index (χ0n) is 11.4. The number of carbonyl (C=O) groups is 1. The normalized spacial score (nSPS) is 34.1. The van der Waals surface area contributed by atoms with Crippen molar-refractivity contribution in [2.75, 3.05) is 5.32 Å². The highest BCUT2D eigenvalue weighted by atomic mass is 19.4. The number of alkyl halides is 3. The summed E-state index contributed by atoms with van der Waals surface area (Å²) in [5.74, 6) is 0.877. The first-order chi connectivity index (χ1) is 9.93. The third-order valence-corrected chi connectivity index (χ3v) is 5.48. The van der Waals surface area contributed by atoms with Gasteiger partial charge in [-0.3, -0.25) is 4.79 Å². The molecule has 1 aliphatic heterocycles. The smallest absolute Gasteiger partial charge is 0.325 e. The summed E-state index contributed by atoms with van der Waals surface area (Å²) in [6.45, 7) is 0. The van der Waals surface area contributed by atoms with Crippen LogP contribution >= 0.6 is 0 Å². The molecule has 21 heavy (non-hydrogen) atoms. The topological polar surface area (TPSA) is 29.1 Å². The molecule has 3 aliphatic rings. The SMILES string of the molecule is O=C1Nc2ccc(C(F)(F)F)cc2C1C1CC2CCC1C2. The fourth-order valence-corrected chi connectivity index (χ4v) is 4.59. The second-order valence-electron chi connectivity index (χ2n) is 6.61. The lowest BCUT2D eigenvalue weighted by atomic mass is 9.76. The summed E-state index contributed by atoms with van der Waals surface area (Å²) in [6, 6.07) is 3.61. The minimum absolute atomic E-state index is 0.123. The predicted octanol–water partition coefficient (Wildman–Crippen LogP) is 4.18. The highest BCUT2D eigenvalue weighted by Gasteiger charge is 2.48. The second kappa shape index (κ2) is 4.24. The Bertz CT molecular complexity index is 610. The molecule has 1 aromatic carbocycles. The lowest BCUT2D eigenvalue weighted by Crippen LogP contribution is -2.25.